The molecule has 1 N–H and O–H groups in total. The van der Waals surface area contributed by atoms with E-state index in [1.54, 1.807) is 7.11 Å². The molecule has 0 aromatic heterocycles. The molecule has 0 spiro atoms. The zero-order valence-electron chi connectivity index (χ0n) is 8.15. The van der Waals surface area contributed by atoms with Crippen molar-refractivity contribution in [1.82, 2.24) is 5.32 Å². The molecule has 0 atom stereocenters. The maximum absolute atomic E-state index is 6.08. The Bertz CT molecular complexity index is 299. The van der Waals surface area contributed by atoms with Gasteiger partial charge in [-0.25, -0.2) is 0 Å². The number of aryl methyl sites for hydroxylation is 1. The Kier molecular flexibility index (Phi) is 3.58. The van der Waals surface area contributed by atoms with E-state index in [0.717, 1.165) is 23.4 Å². The summed E-state index contributed by atoms with van der Waals surface area (Å²) in [6.07, 6.45) is 0. The minimum atomic E-state index is 0.704. The van der Waals surface area contributed by atoms with E-state index in [1.165, 1.54) is 0 Å². The van der Waals surface area contributed by atoms with Gasteiger partial charge in [0.25, 0.3) is 0 Å². The smallest absolute Gasteiger partial charge is 0.142 e. The van der Waals surface area contributed by atoms with Crippen molar-refractivity contribution in [2.75, 3.05) is 14.2 Å². The molecule has 0 aliphatic heterocycles. The number of ether oxygens (including phenoxy) is 1. The fourth-order valence-corrected chi connectivity index (χ4v) is 1.51. The molecule has 0 aliphatic rings. The minimum Gasteiger partial charge on any atom is -0.495 e. The summed E-state index contributed by atoms with van der Waals surface area (Å²) in [6, 6.07) is 4.02. The number of halogens is 1. The summed E-state index contributed by atoms with van der Waals surface area (Å²) < 4.78 is 5.24. The number of hydrogen-bond donors (Lipinski definition) is 1. The molecular formula is C10H14ClNO. The predicted octanol–water partition coefficient (Wildman–Crippen LogP) is 2.38. The van der Waals surface area contributed by atoms with Crippen LogP contribution in [-0.2, 0) is 6.54 Å². The Balaban J connectivity index is 3.13. The second-order valence-electron chi connectivity index (χ2n) is 2.92. The lowest BCUT2D eigenvalue weighted by Crippen LogP contribution is -2.07. The van der Waals surface area contributed by atoms with Crippen LogP contribution in [0.1, 0.15) is 11.1 Å². The van der Waals surface area contributed by atoms with E-state index in [9.17, 15) is 0 Å². The van der Waals surface area contributed by atoms with Crippen LogP contribution in [0.2, 0.25) is 5.02 Å². The lowest BCUT2D eigenvalue weighted by Gasteiger charge is -2.11. The molecule has 72 valence electrons. The number of nitrogens with one attached hydrogen (secondary N) is 1. The Labute approximate surface area is 83.9 Å². The largest absolute Gasteiger partial charge is 0.495 e. The van der Waals surface area contributed by atoms with Crippen molar-refractivity contribution in [3.05, 3.63) is 28.3 Å². The van der Waals surface area contributed by atoms with Gasteiger partial charge < -0.3 is 10.1 Å². The zero-order valence-corrected chi connectivity index (χ0v) is 8.90. The van der Waals surface area contributed by atoms with E-state index in [0.29, 0.717) is 5.02 Å². The van der Waals surface area contributed by atoms with Gasteiger partial charge in [-0.2, -0.15) is 0 Å². The molecule has 0 unspecified atom stereocenters. The molecule has 0 aliphatic carbocycles. The number of benzene rings is 1. The Morgan fingerprint density at radius 2 is 2.15 bits per heavy atom. The van der Waals surface area contributed by atoms with Gasteiger partial charge in [-0.1, -0.05) is 23.7 Å². The Morgan fingerprint density at radius 3 is 2.69 bits per heavy atom. The first kappa shape index (κ1) is 10.4. The minimum absolute atomic E-state index is 0.704. The lowest BCUT2D eigenvalue weighted by atomic mass is 10.1. The lowest BCUT2D eigenvalue weighted by molar-refractivity contribution is 0.408. The highest BCUT2D eigenvalue weighted by Crippen LogP contribution is 2.31. The number of hydrogen-bond acceptors (Lipinski definition) is 2. The molecule has 1 rings (SSSR count). The van der Waals surface area contributed by atoms with Crippen molar-refractivity contribution in [2.24, 2.45) is 0 Å². The molecule has 3 heteroatoms. The van der Waals surface area contributed by atoms with Gasteiger partial charge in [-0.15, -0.1) is 0 Å². The summed E-state index contributed by atoms with van der Waals surface area (Å²) in [5.41, 5.74) is 2.12. The molecule has 1 aromatic carbocycles. The summed E-state index contributed by atoms with van der Waals surface area (Å²) in [7, 11) is 3.53. The molecule has 13 heavy (non-hydrogen) atoms. The van der Waals surface area contributed by atoms with Crippen LogP contribution in [0.3, 0.4) is 0 Å². The maximum atomic E-state index is 6.08. The van der Waals surface area contributed by atoms with Crippen molar-refractivity contribution in [3.8, 4) is 5.75 Å². The molecule has 0 saturated carbocycles. The quantitative estimate of drug-likeness (QED) is 0.807. The van der Waals surface area contributed by atoms with Crippen LogP contribution in [0, 0.1) is 6.92 Å². The van der Waals surface area contributed by atoms with E-state index in [1.807, 2.05) is 26.1 Å². The highest BCUT2D eigenvalue weighted by molar-refractivity contribution is 6.32. The second kappa shape index (κ2) is 4.49. The van der Waals surface area contributed by atoms with Crippen molar-refractivity contribution in [1.29, 1.82) is 0 Å². The summed E-state index contributed by atoms with van der Waals surface area (Å²) >= 11 is 6.08. The molecule has 0 fully saturated rings. The van der Waals surface area contributed by atoms with Gasteiger partial charge in [0, 0.05) is 12.1 Å². The summed E-state index contributed by atoms with van der Waals surface area (Å²) in [5, 5.41) is 3.77. The Hall–Kier alpha value is -0.730. The van der Waals surface area contributed by atoms with E-state index >= 15 is 0 Å². The third-order valence-electron chi connectivity index (χ3n) is 1.94. The summed E-state index contributed by atoms with van der Waals surface area (Å²) in [4.78, 5) is 0. The van der Waals surface area contributed by atoms with Crippen LogP contribution < -0.4 is 10.1 Å². The average molecular weight is 200 g/mol. The van der Waals surface area contributed by atoms with Crippen molar-refractivity contribution in [2.45, 2.75) is 13.5 Å². The van der Waals surface area contributed by atoms with Gasteiger partial charge in [0.05, 0.1) is 12.1 Å². The molecule has 1 aromatic rings. The van der Waals surface area contributed by atoms with Crippen molar-refractivity contribution in [3.63, 3.8) is 0 Å². The summed E-state index contributed by atoms with van der Waals surface area (Å²) in [5.74, 6) is 0.774. The monoisotopic (exact) mass is 199 g/mol. The molecule has 0 saturated heterocycles. The Morgan fingerprint density at radius 1 is 1.46 bits per heavy atom. The SMILES string of the molecule is CNCc1ccc(C)c(Cl)c1OC. The number of methoxy groups -OCH3 is 1. The maximum Gasteiger partial charge on any atom is 0.142 e. The van der Waals surface area contributed by atoms with Crippen LogP contribution >= 0.6 is 11.6 Å². The first-order valence-corrected chi connectivity index (χ1v) is 4.55. The fourth-order valence-electron chi connectivity index (χ4n) is 1.24. The van der Waals surface area contributed by atoms with E-state index in [2.05, 4.69) is 5.32 Å². The van der Waals surface area contributed by atoms with Gasteiger partial charge in [0.15, 0.2) is 0 Å². The van der Waals surface area contributed by atoms with E-state index in [-0.39, 0.29) is 0 Å². The molecular weight excluding hydrogens is 186 g/mol. The molecule has 0 heterocycles. The van der Waals surface area contributed by atoms with Gasteiger partial charge in [-0.3, -0.25) is 0 Å². The van der Waals surface area contributed by atoms with Crippen molar-refractivity contribution < 1.29 is 4.74 Å². The highest BCUT2D eigenvalue weighted by Gasteiger charge is 2.08. The first-order valence-electron chi connectivity index (χ1n) is 4.17. The van der Waals surface area contributed by atoms with Crippen molar-refractivity contribution >= 4 is 11.6 Å². The van der Waals surface area contributed by atoms with Crippen LogP contribution in [0.4, 0.5) is 0 Å². The highest BCUT2D eigenvalue weighted by atomic mass is 35.5. The van der Waals surface area contributed by atoms with E-state index in [4.69, 9.17) is 16.3 Å². The predicted molar refractivity (Wildman–Crippen MR) is 55.5 cm³/mol. The molecule has 0 bridgehead atoms. The molecule has 2 nitrogen and oxygen atoms in total. The third-order valence-corrected chi connectivity index (χ3v) is 2.41. The van der Waals surface area contributed by atoms with E-state index < -0.39 is 0 Å². The van der Waals surface area contributed by atoms with Gasteiger partial charge >= 0.3 is 0 Å². The van der Waals surface area contributed by atoms with Gasteiger partial charge in [-0.05, 0) is 19.5 Å². The average Bonchev–Trinajstić information content (AvgIpc) is 2.12. The molecule has 0 radical (unpaired) electrons. The first-order chi connectivity index (χ1) is 6.20. The van der Waals surface area contributed by atoms with Crippen LogP contribution in [-0.4, -0.2) is 14.2 Å². The van der Waals surface area contributed by atoms with Crippen LogP contribution in [0.15, 0.2) is 12.1 Å². The fraction of sp³-hybridized carbons (Fsp3) is 0.400. The second-order valence-corrected chi connectivity index (χ2v) is 3.30. The van der Waals surface area contributed by atoms with Gasteiger partial charge in [0.1, 0.15) is 5.75 Å². The molecule has 0 amide bonds. The topological polar surface area (TPSA) is 21.3 Å². The summed E-state index contributed by atoms with van der Waals surface area (Å²) in [6.45, 7) is 2.73. The van der Waals surface area contributed by atoms with Crippen LogP contribution in [0.25, 0.3) is 0 Å². The standard InChI is InChI=1S/C10H14ClNO/c1-7-4-5-8(6-12-2)10(13-3)9(7)11/h4-5,12H,6H2,1-3H3. The van der Waals surface area contributed by atoms with Crippen LogP contribution in [0.5, 0.6) is 5.75 Å². The normalized spacial score (nSPS) is 10.2. The van der Waals surface area contributed by atoms with Gasteiger partial charge in [0.2, 0.25) is 0 Å². The zero-order chi connectivity index (χ0) is 9.84. The number of rotatable bonds is 3. The third kappa shape index (κ3) is 2.14.